The molecule has 2 rings (SSSR count). The number of nitrogens with zero attached hydrogens (tertiary/aromatic N) is 1. The predicted molar refractivity (Wildman–Crippen MR) is 84.8 cm³/mol. The van der Waals surface area contributed by atoms with Gasteiger partial charge in [-0.1, -0.05) is 45.0 Å². The fourth-order valence-corrected chi connectivity index (χ4v) is 3.29. The summed E-state index contributed by atoms with van der Waals surface area (Å²) < 4.78 is 0. The van der Waals surface area contributed by atoms with Crippen LogP contribution >= 0.6 is 0 Å². The van der Waals surface area contributed by atoms with Crippen molar-refractivity contribution < 1.29 is 5.11 Å². The number of hydrogen-bond donors (Lipinski definition) is 1. The number of likely N-dealkylation sites (tertiary alicyclic amines) is 1. The number of β-amino-alcohol motifs (C(OH)–C–C–N with tert-alkyl or cyclic N) is 1. The number of hydrogen-bond acceptors (Lipinski definition) is 2. The number of aryl methyl sites for hydroxylation is 1. The molecule has 112 valence electrons. The number of rotatable bonds is 3. The van der Waals surface area contributed by atoms with Crippen LogP contribution in [-0.2, 0) is 0 Å². The van der Waals surface area contributed by atoms with Crippen molar-refractivity contribution in [3.05, 3.63) is 35.4 Å². The van der Waals surface area contributed by atoms with Crippen LogP contribution in [0.4, 0.5) is 0 Å². The van der Waals surface area contributed by atoms with E-state index < -0.39 is 0 Å². The molecule has 0 radical (unpaired) electrons. The number of aliphatic hydroxyl groups is 1. The zero-order chi connectivity index (χ0) is 14.8. The van der Waals surface area contributed by atoms with Gasteiger partial charge in [0, 0.05) is 6.54 Å². The summed E-state index contributed by atoms with van der Waals surface area (Å²) in [6.45, 7) is 12.1. The van der Waals surface area contributed by atoms with E-state index in [1.165, 1.54) is 18.4 Å². The second kappa shape index (κ2) is 6.28. The smallest absolute Gasteiger partial charge is 0.0919 e. The van der Waals surface area contributed by atoms with Gasteiger partial charge in [0.1, 0.15) is 0 Å². The average molecular weight is 275 g/mol. The lowest BCUT2D eigenvalue weighted by Crippen LogP contribution is -2.39. The Bertz CT molecular complexity index is 427. The highest BCUT2D eigenvalue weighted by molar-refractivity contribution is 5.27. The highest BCUT2D eigenvalue weighted by atomic mass is 16.3. The van der Waals surface area contributed by atoms with Gasteiger partial charge in [-0.05, 0) is 55.3 Å². The molecule has 1 aromatic rings. The van der Waals surface area contributed by atoms with E-state index in [1.54, 1.807) is 0 Å². The van der Waals surface area contributed by atoms with Crippen LogP contribution in [0.3, 0.4) is 0 Å². The molecule has 1 aliphatic rings. The predicted octanol–water partition coefficient (Wildman–Crippen LogP) is 3.79. The summed E-state index contributed by atoms with van der Waals surface area (Å²) in [5.74, 6) is 0.814. The zero-order valence-electron chi connectivity index (χ0n) is 13.4. The first kappa shape index (κ1) is 15.5. The molecule has 0 spiro atoms. The quantitative estimate of drug-likeness (QED) is 0.907. The Kier molecular flexibility index (Phi) is 4.87. The molecule has 1 aromatic carbocycles. The Morgan fingerprint density at radius 1 is 1.20 bits per heavy atom. The molecular formula is C18H29NO. The zero-order valence-corrected chi connectivity index (χ0v) is 13.4. The normalized spacial score (nSPS) is 20.1. The molecule has 1 aliphatic heterocycles. The highest BCUT2D eigenvalue weighted by Crippen LogP contribution is 2.34. The van der Waals surface area contributed by atoms with Crippen LogP contribution in [0.1, 0.15) is 50.8 Å². The van der Waals surface area contributed by atoms with Crippen LogP contribution in [-0.4, -0.2) is 29.6 Å². The summed E-state index contributed by atoms with van der Waals surface area (Å²) in [5.41, 5.74) is 2.68. The lowest BCUT2D eigenvalue weighted by Gasteiger charge is -2.39. The summed E-state index contributed by atoms with van der Waals surface area (Å²) in [5, 5.41) is 10.4. The molecule has 0 aromatic heterocycles. The summed E-state index contributed by atoms with van der Waals surface area (Å²) in [7, 11) is 0. The third-order valence-electron chi connectivity index (χ3n) is 4.79. The fraction of sp³-hybridized carbons (Fsp3) is 0.667. The van der Waals surface area contributed by atoms with Crippen LogP contribution in [0.25, 0.3) is 0 Å². The monoisotopic (exact) mass is 275 g/mol. The van der Waals surface area contributed by atoms with Crippen LogP contribution in [0, 0.1) is 18.3 Å². The second-order valence-corrected chi connectivity index (χ2v) is 7.31. The first-order valence-corrected chi connectivity index (χ1v) is 7.84. The largest absolute Gasteiger partial charge is 0.387 e. The highest BCUT2D eigenvalue weighted by Gasteiger charge is 2.29. The Labute approximate surface area is 123 Å². The van der Waals surface area contributed by atoms with Crippen molar-refractivity contribution in [3.8, 4) is 0 Å². The number of benzene rings is 1. The van der Waals surface area contributed by atoms with E-state index in [2.05, 4.69) is 38.7 Å². The molecule has 0 saturated carbocycles. The molecule has 2 heteroatoms. The minimum absolute atomic E-state index is 0.359. The van der Waals surface area contributed by atoms with Crippen molar-refractivity contribution in [2.75, 3.05) is 19.6 Å². The van der Waals surface area contributed by atoms with E-state index in [9.17, 15) is 5.11 Å². The first-order chi connectivity index (χ1) is 9.38. The summed E-state index contributed by atoms with van der Waals surface area (Å²) in [6.07, 6.45) is 2.15. The van der Waals surface area contributed by atoms with Crippen LogP contribution < -0.4 is 0 Å². The molecular weight excluding hydrogens is 246 g/mol. The molecule has 2 nitrogen and oxygen atoms in total. The maximum absolute atomic E-state index is 10.4. The Hall–Kier alpha value is -0.860. The first-order valence-electron chi connectivity index (χ1n) is 7.84. The molecule has 0 bridgehead atoms. The maximum atomic E-state index is 10.4. The van der Waals surface area contributed by atoms with Gasteiger partial charge in [0.25, 0.3) is 0 Å². The summed E-state index contributed by atoms with van der Waals surface area (Å²) >= 11 is 0. The number of piperidine rings is 1. The second-order valence-electron chi connectivity index (χ2n) is 7.31. The van der Waals surface area contributed by atoms with Crippen molar-refractivity contribution in [1.82, 2.24) is 4.90 Å². The van der Waals surface area contributed by atoms with Gasteiger partial charge < -0.3 is 10.0 Å². The van der Waals surface area contributed by atoms with Crippen molar-refractivity contribution in [2.45, 2.75) is 46.6 Å². The van der Waals surface area contributed by atoms with Gasteiger partial charge in [-0.3, -0.25) is 0 Å². The average Bonchev–Trinajstić information content (AvgIpc) is 2.38. The van der Waals surface area contributed by atoms with E-state index in [-0.39, 0.29) is 6.10 Å². The van der Waals surface area contributed by atoms with E-state index in [1.807, 2.05) is 18.2 Å². The number of aliphatic hydroxyl groups excluding tert-OH is 1. The van der Waals surface area contributed by atoms with Gasteiger partial charge in [-0.25, -0.2) is 0 Å². The van der Waals surface area contributed by atoms with Gasteiger partial charge in [0.2, 0.25) is 0 Å². The van der Waals surface area contributed by atoms with Gasteiger partial charge in [-0.15, -0.1) is 0 Å². The van der Waals surface area contributed by atoms with Crippen LogP contribution in [0.5, 0.6) is 0 Å². The molecule has 1 heterocycles. The molecule has 20 heavy (non-hydrogen) atoms. The van der Waals surface area contributed by atoms with Crippen LogP contribution in [0.15, 0.2) is 24.3 Å². The molecule has 1 saturated heterocycles. The van der Waals surface area contributed by atoms with Crippen molar-refractivity contribution in [3.63, 3.8) is 0 Å². The van der Waals surface area contributed by atoms with E-state index in [0.717, 1.165) is 31.1 Å². The minimum Gasteiger partial charge on any atom is -0.387 e. The molecule has 0 aliphatic carbocycles. The maximum Gasteiger partial charge on any atom is 0.0919 e. The Morgan fingerprint density at radius 3 is 2.35 bits per heavy atom. The van der Waals surface area contributed by atoms with E-state index in [0.29, 0.717) is 5.41 Å². The molecule has 0 amide bonds. The molecule has 1 unspecified atom stereocenters. The van der Waals surface area contributed by atoms with Crippen molar-refractivity contribution in [1.29, 1.82) is 0 Å². The fourth-order valence-electron chi connectivity index (χ4n) is 3.29. The minimum atomic E-state index is -0.359. The van der Waals surface area contributed by atoms with Gasteiger partial charge in [0.05, 0.1) is 6.10 Å². The van der Waals surface area contributed by atoms with Gasteiger partial charge in [-0.2, -0.15) is 0 Å². The standard InChI is InChI=1S/C18H29NO/c1-14-7-5-6-8-16(14)17(20)13-19-11-9-15(10-12-19)18(2,3)4/h5-8,15,17,20H,9-13H2,1-4H3. The Morgan fingerprint density at radius 2 is 1.80 bits per heavy atom. The third-order valence-corrected chi connectivity index (χ3v) is 4.79. The van der Waals surface area contributed by atoms with Crippen molar-refractivity contribution >= 4 is 0 Å². The van der Waals surface area contributed by atoms with Crippen LogP contribution in [0.2, 0.25) is 0 Å². The van der Waals surface area contributed by atoms with Gasteiger partial charge in [0.15, 0.2) is 0 Å². The van der Waals surface area contributed by atoms with E-state index >= 15 is 0 Å². The Balaban J connectivity index is 1.88. The van der Waals surface area contributed by atoms with Crippen molar-refractivity contribution in [2.24, 2.45) is 11.3 Å². The lowest BCUT2D eigenvalue weighted by molar-refractivity contribution is 0.0651. The summed E-state index contributed by atoms with van der Waals surface area (Å²) in [4.78, 5) is 2.42. The topological polar surface area (TPSA) is 23.5 Å². The third kappa shape index (κ3) is 3.83. The molecule has 1 fully saturated rings. The molecule has 1 atom stereocenters. The van der Waals surface area contributed by atoms with Gasteiger partial charge >= 0.3 is 0 Å². The molecule has 1 N–H and O–H groups in total. The van der Waals surface area contributed by atoms with E-state index in [4.69, 9.17) is 0 Å². The lowest BCUT2D eigenvalue weighted by atomic mass is 9.75. The summed E-state index contributed by atoms with van der Waals surface area (Å²) in [6, 6.07) is 8.16. The SMILES string of the molecule is Cc1ccccc1C(O)CN1CCC(C(C)(C)C)CC1.